The van der Waals surface area contributed by atoms with Crippen molar-refractivity contribution in [3.05, 3.63) is 11.4 Å². The lowest BCUT2D eigenvalue weighted by atomic mass is 10.4. The van der Waals surface area contributed by atoms with E-state index in [0.717, 1.165) is 18.8 Å². The van der Waals surface area contributed by atoms with Crippen LogP contribution in [0, 0.1) is 13.8 Å². The summed E-state index contributed by atoms with van der Waals surface area (Å²) >= 11 is 1.63. The fourth-order valence-corrected chi connectivity index (χ4v) is 4.24. The number of thioether (sulfide) groups is 1. The number of aromatic nitrogens is 2. The van der Waals surface area contributed by atoms with E-state index in [1.54, 1.807) is 30.4 Å². The highest BCUT2D eigenvalue weighted by molar-refractivity contribution is 7.98. The maximum atomic E-state index is 12.7. The molecule has 1 rings (SSSR count). The maximum absolute atomic E-state index is 12.7. The molecule has 0 atom stereocenters. The molecule has 0 aliphatic heterocycles. The quantitative estimate of drug-likeness (QED) is 0.685. The first-order valence-corrected chi connectivity index (χ1v) is 9.89. The van der Waals surface area contributed by atoms with Gasteiger partial charge in [-0.05, 0) is 26.6 Å². The summed E-state index contributed by atoms with van der Waals surface area (Å²) in [6, 6.07) is 0. The Kier molecular flexibility index (Phi) is 7.19. The van der Waals surface area contributed by atoms with E-state index in [2.05, 4.69) is 10.4 Å². The predicted octanol–water partition coefficient (Wildman–Crippen LogP) is 1.09. The van der Waals surface area contributed by atoms with Gasteiger partial charge in [-0.3, -0.25) is 4.68 Å². The normalized spacial score (nSPS) is 12.3. The summed E-state index contributed by atoms with van der Waals surface area (Å²) in [7, 11) is -1.84. The Bertz CT molecular complexity index is 555. The number of rotatable bonds is 9. The Morgan fingerprint density at radius 3 is 2.62 bits per heavy atom. The lowest BCUT2D eigenvalue weighted by molar-refractivity contribution is 0.487. The summed E-state index contributed by atoms with van der Waals surface area (Å²) in [6.07, 6.45) is 1.97. The van der Waals surface area contributed by atoms with Gasteiger partial charge in [-0.1, -0.05) is 6.92 Å². The summed E-state index contributed by atoms with van der Waals surface area (Å²) in [6.45, 7) is 8.46. The molecule has 6 nitrogen and oxygen atoms in total. The molecule has 0 aliphatic rings. The molecule has 0 unspecified atom stereocenters. The second kappa shape index (κ2) is 8.17. The Labute approximate surface area is 132 Å². The number of hydrogen-bond donors (Lipinski definition) is 1. The van der Waals surface area contributed by atoms with Gasteiger partial charge >= 0.3 is 0 Å². The number of nitrogens with zero attached hydrogens (tertiary/aromatic N) is 3. The molecule has 122 valence electrons. The molecule has 0 saturated heterocycles. The van der Waals surface area contributed by atoms with Crippen molar-refractivity contribution in [2.75, 3.05) is 38.7 Å². The third-order valence-corrected chi connectivity index (χ3v) is 6.04. The van der Waals surface area contributed by atoms with Crippen molar-refractivity contribution in [2.45, 2.75) is 32.2 Å². The smallest absolute Gasteiger partial charge is 0.246 e. The van der Waals surface area contributed by atoms with Crippen LogP contribution in [0.1, 0.15) is 18.3 Å². The standard InChI is InChI=1S/C13H26N4O2S2/c1-6-14-7-8-17-12(3)13(11(2)15-17)21(18,19)16(4)9-10-20-5/h14H,6-10H2,1-5H3. The molecule has 0 spiro atoms. The lowest BCUT2D eigenvalue weighted by Crippen LogP contribution is -2.30. The fraction of sp³-hybridized carbons (Fsp3) is 0.769. The Morgan fingerprint density at radius 1 is 1.38 bits per heavy atom. The molecular formula is C13H26N4O2S2. The van der Waals surface area contributed by atoms with E-state index in [-0.39, 0.29) is 0 Å². The van der Waals surface area contributed by atoms with Crippen LogP contribution in [-0.4, -0.2) is 61.2 Å². The molecule has 1 N–H and O–H groups in total. The van der Waals surface area contributed by atoms with Gasteiger partial charge in [0.2, 0.25) is 10.0 Å². The topological polar surface area (TPSA) is 67.2 Å². The van der Waals surface area contributed by atoms with Gasteiger partial charge in [0.25, 0.3) is 0 Å². The third-order valence-electron chi connectivity index (χ3n) is 3.34. The van der Waals surface area contributed by atoms with Crippen molar-refractivity contribution in [1.82, 2.24) is 19.4 Å². The van der Waals surface area contributed by atoms with Gasteiger partial charge in [-0.15, -0.1) is 0 Å². The minimum absolute atomic E-state index is 0.350. The molecule has 8 heteroatoms. The average molecular weight is 335 g/mol. The first kappa shape index (κ1) is 18.5. The van der Waals surface area contributed by atoms with Crippen LogP contribution in [0.2, 0.25) is 0 Å². The van der Waals surface area contributed by atoms with Gasteiger partial charge in [0, 0.05) is 25.9 Å². The number of sulfonamides is 1. The highest BCUT2D eigenvalue weighted by Gasteiger charge is 2.28. The van der Waals surface area contributed by atoms with E-state index in [9.17, 15) is 8.42 Å². The highest BCUT2D eigenvalue weighted by atomic mass is 32.2. The SMILES string of the molecule is CCNCCn1nc(C)c(S(=O)(=O)N(C)CCSC)c1C. The van der Waals surface area contributed by atoms with E-state index >= 15 is 0 Å². The Hall–Kier alpha value is -0.570. The molecule has 0 radical (unpaired) electrons. The van der Waals surface area contributed by atoms with Gasteiger partial charge in [0.15, 0.2) is 0 Å². The Balaban J connectivity index is 3.01. The molecule has 0 amide bonds. The molecule has 0 aliphatic carbocycles. The zero-order valence-electron chi connectivity index (χ0n) is 13.5. The van der Waals surface area contributed by atoms with Crippen molar-refractivity contribution in [2.24, 2.45) is 0 Å². The zero-order valence-corrected chi connectivity index (χ0v) is 15.1. The van der Waals surface area contributed by atoms with Crippen molar-refractivity contribution >= 4 is 21.8 Å². The van der Waals surface area contributed by atoms with Gasteiger partial charge in [0.05, 0.1) is 17.9 Å². The zero-order chi connectivity index (χ0) is 16.0. The van der Waals surface area contributed by atoms with Crippen LogP contribution in [0.5, 0.6) is 0 Å². The predicted molar refractivity (Wildman–Crippen MR) is 88.4 cm³/mol. The van der Waals surface area contributed by atoms with Gasteiger partial charge < -0.3 is 5.32 Å². The van der Waals surface area contributed by atoms with Crippen molar-refractivity contribution in [1.29, 1.82) is 0 Å². The summed E-state index contributed by atoms with van der Waals surface area (Å²) in [4.78, 5) is 0.350. The van der Waals surface area contributed by atoms with Crippen molar-refractivity contribution < 1.29 is 8.42 Å². The fourth-order valence-electron chi connectivity index (χ4n) is 2.13. The van der Waals surface area contributed by atoms with Crippen LogP contribution >= 0.6 is 11.8 Å². The molecule has 0 bridgehead atoms. The Morgan fingerprint density at radius 2 is 2.05 bits per heavy atom. The van der Waals surface area contributed by atoms with Crippen LogP contribution in [0.3, 0.4) is 0 Å². The maximum Gasteiger partial charge on any atom is 0.246 e. The third kappa shape index (κ3) is 4.45. The molecular weight excluding hydrogens is 308 g/mol. The van der Waals surface area contributed by atoms with E-state index in [1.165, 1.54) is 4.31 Å². The number of aryl methyl sites for hydroxylation is 1. The summed E-state index contributed by atoms with van der Waals surface area (Å²) < 4.78 is 28.5. The van der Waals surface area contributed by atoms with Gasteiger partial charge in [0.1, 0.15) is 4.90 Å². The average Bonchev–Trinajstić information content (AvgIpc) is 2.71. The van der Waals surface area contributed by atoms with Crippen molar-refractivity contribution in [3.8, 4) is 0 Å². The van der Waals surface area contributed by atoms with Gasteiger partial charge in [-0.2, -0.15) is 21.2 Å². The molecule has 1 aromatic rings. The van der Waals surface area contributed by atoms with Crippen molar-refractivity contribution in [3.63, 3.8) is 0 Å². The second-order valence-corrected chi connectivity index (χ2v) is 7.86. The molecule has 21 heavy (non-hydrogen) atoms. The van der Waals surface area contributed by atoms with E-state index in [1.807, 2.05) is 20.1 Å². The summed E-state index contributed by atoms with van der Waals surface area (Å²) in [5, 5.41) is 7.60. The molecule has 1 aromatic heterocycles. The van der Waals surface area contributed by atoms with E-state index < -0.39 is 10.0 Å². The minimum atomic E-state index is -3.47. The van der Waals surface area contributed by atoms with Crippen LogP contribution in [-0.2, 0) is 16.6 Å². The molecule has 0 aromatic carbocycles. The van der Waals surface area contributed by atoms with E-state index in [4.69, 9.17) is 0 Å². The van der Waals surface area contributed by atoms with Gasteiger partial charge in [-0.25, -0.2) is 8.42 Å². The summed E-state index contributed by atoms with van der Waals surface area (Å²) in [5.74, 6) is 0.780. The number of nitrogens with one attached hydrogen (secondary N) is 1. The van der Waals surface area contributed by atoms with Crippen LogP contribution in [0.15, 0.2) is 4.90 Å². The lowest BCUT2D eigenvalue weighted by Gasteiger charge is -2.17. The van der Waals surface area contributed by atoms with Crippen LogP contribution in [0.25, 0.3) is 0 Å². The van der Waals surface area contributed by atoms with Crippen LogP contribution < -0.4 is 5.32 Å². The monoisotopic (exact) mass is 334 g/mol. The molecule has 0 fully saturated rings. The second-order valence-electron chi connectivity index (χ2n) is 4.90. The number of likely N-dealkylation sites (N-methyl/N-ethyl adjacent to an activating group) is 1. The number of hydrogen-bond acceptors (Lipinski definition) is 5. The first-order chi connectivity index (χ1) is 9.86. The van der Waals surface area contributed by atoms with Crippen LogP contribution in [0.4, 0.5) is 0 Å². The molecule has 0 saturated carbocycles. The minimum Gasteiger partial charge on any atom is -0.315 e. The summed E-state index contributed by atoms with van der Waals surface area (Å²) in [5.41, 5.74) is 1.28. The largest absolute Gasteiger partial charge is 0.315 e. The highest BCUT2D eigenvalue weighted by Crippen LogP contribution is 2.22. The first-order valence-electron chi connectivity index (χ1n) is 7.06. The van der Waals surface area contributed by atoms with E-state index in [0.29, 0.717) is 29.4 Å². The molecule has 1 heterocycles.